The Morgan fingerprint density at radius 2 is 1.92 bits per heavy atom. The number of benzene rings is 1. The number of anilines is 1. The number of H-pyrrole nitrogens is 1. The zero-order valence-electron chi connectivity index (χ0n) is 24.0. The Morgan fingerprint density at radius 1 is 1.23 bits per heavy atom. The van der Waals surface area contributed by atoms with Gasteiger partial charge in [0.25, 0.3) is 0 Å². The van der Waals surface area contributed by atoms with Crippen LogP contribution in [-0.4, -0.2) is 75.9 Å². The van der Waals surface area contributed by atoms with Crippen LogP contribution in [0, 0.1) is 0 Å². The Kier molecular flexibility index (Phi) is 10.9. The minimum atomic E-state index is -1.18. The number of hydrogen-bond donors (Lipinski definition) is 2. The van der Waals surface area contributed by atoms with Crippen molar-refractivity contribution < 1.29 is 32.8 Å². The van der Waals surface area contributed by atoms with Gasteiger partial charge in [0.15, 0.2) is 6.73 Å². The molecule has 1 fully saturated rings. The van der Waals surface area contributed by atoms with E-state index < -0.39 is 19.8 Å². The molecule has 2 N–H and O–H groups in total. The summed E-state index contributed by atoms with van der Waals surface area (Å²) in [7, 11) is -1.18. The molecule has 0 saturated carbocycles. The number of amides is 1. The lowest BCUT2D eigenvalue weighted by molar-refractivity contribution is -0.771. The summed E-state index contributed by atoms with van der Waals surface area (Å²) in [5.41, 5.74) is 0.533. The van der Waals surface area contributed by atoms with Crippen LogP contribution < -0.4 is 19.6 Å². The minimum absolute atomic E-state index is 0.0116. The van der Waals surface area contributed by atoms with Gasteiger partial charge < -0.3 is 24.3 Å². The molecule has 0 bridgehead atoms. The first-order valence-corrected chi connectivity index (χ1v) is 17.0. The molecule has 0 spiro atoms. The first-order chi connectivity index (χ1) is 18.4. The van der Waals surface area contributed by atoms with Gasteiger partial charge in [-0.05, 0) is 56.1 Å². The second kappa shape index (κ2) is 13.9. The number of halogens is 1. The van der Waals surface area contributed by atoms with Crippen LogP contribution in [0.5, 0.6) is 5.75 Å². The highest BCUT2D eigenvalue weighted by atomic mass is 28.3. The topological polar surface area (TPSA) is 102 Å². The number of morpholine rings is 1. The molecule has 1 aliphatic rings. The molecule has 216 valence electrons. The Bertz CT molecular complexity index is 1090. The van der Waals surface area contributed by atoms with Gasteiger partial charge in [0, 0.05) is 32.4 Å². The Hall–Kier alpha value is -2.96. The highest BCUT2D eigenvalue weighted by molar-refractivity contribution is 6.76. The maximum Gasteiger partial charge on any atom is 0.416 e. The third-order valence-electron chi connectivity index (χ3n) is 5.77. The van der Waals surface area contributed by atoms with Gasteiger partial charge in [0.05, 0.1) is 32.6 Å². The number of ether oxygens (including phenoxy) is 4. The van der Waals surface area contributed by atoms with E-state index in [-0.39, 0.29) is 18.7 Å². The summed E-state index contributed by atoms with van der Waals surface area (Å²) in [4.78, 5) is 18.9. The Morgan fingerprint density at radius 3 is 2.54 bits per heavy atom. The van der Waals surface area contributed by atoms with E-state index >= 15 is 0 Å². The fourth-order valence-corrected chi connectivity index (χ4v) is 4.38. The first-order valence-electron chi connectivity index (χ1n) is 13.3. The standard InChI is InChI=1S/C27H42FN5O5Si/c1-27(2,3)38-26(34)29-18-21(17-28)19-37-23-9-7-22(8-10-23)24-30-25(32-11-13-35-14-12-32)33(31-24)20-36-15-16-39(4,5)6/h7-10,17H,11-16,18-20H2,1-6H3,(H,29,34)/p+1/b21-17+. The molecule has 12 heteroatoms. The lowest BCUT2D eigenvalue weighted by atomic mass is 10.2. The van der Waals surface area contributed by atoms with Crippen LogP contribution in [0.2, 0.25) is 25.7 Å². The fraction of sp³-hybridized carbons (Fsp3) is 0.593. The van der Waals surface area contributed by atoms with Crippen LogP contribution in [0.4, 0.5) is 15.1 Å². The van der Waals surface area contributed by atoms with Crippen molar-refractivity contribution in [2.24, 2.45) is 0 Å². The maximum atomic E-state index is 13.3. The van der Waals surface area contributed by atoms with Crippen molar-refractivity contribution in [2.45, 2.75) is 58.8 Å². The zero-order valence-corrected chi connectivity index (χ0v) is 25.0. The third kappa shape index (κ3) is 10.6. The molecule has 2 aromatic rings. The maximum absolute atomic E-state index is 13.3. The van der Waals surface area contributed by atoms with Gasteiger partial charge in [-0.15, -0.1) is 4.68 Å². The van der Waals surface area contributed by atoms with E-state index in [9.17, 15) is 9.18 Å². The summed E-state index contributed by atoms with van der Waals surface area (Å²) in [5.74, 6) is 2.09. The van der Waals surface area contributed by atoms with Gasteiger partial charge in [-0.25, -0.2) is 14.3 Å². The molecule has 1 saturated heterocycles. The molecule has 0 aliphatic carbocycles. The second-order valence-electron chi connectivity index (χ2n) is 11.7. The molecule has 0 radical (unpaired) electrons. The first kappa shape index (κ1) is 30.6. The van der Waals surface area contributed by atoms with Crippen LogP contribution in [-0.2, 0) is 20.9 Å². The molecule has 1 aliphatic heterocycles. The van der Waals surface area contributed by atoms with Gasteiger partial charge in [-0.3, -0.25) is 4.90 Å². The van der Waals surface area contributed by atoms with E-state index in [4.69, 9.17) is 23.9 Å². The van der Waals surface area contributed by atoms with Crippen molar-refractivity contribution >= 4 is 20.1 Å². The molecule has 1 aromatic heterocycles. The normalized spacial score (nSPS) is 14.8. The van der Waals surface area contributed by atoms with Crippen molar-refractivity contribution in [1.82, 2.24) is 15.4 Å². The predicted octanol–water partition coefficient (Wildman–Crippen LogP) is 4.27. The quantitative estimate of drug-likeness (QED) is 0.226. The number of nitrogens with one attached hydrogen (secondary N) is 2. The van der Waals surface area contributed by atoms with Crippen LogP contribution in [0.15, 0.2) is 36.2 Å². The molecule has 39 heavy (non-hydrogen) atoms. The van der Waals surface area contributed by atoms with E-state index in [1.165, 1.54) is 0 Å². The van der Waals surface area contributed by atoms with Gasteiger partial charge in [0.2, 0.25) is 5.82 Å². The number of rotatable bonds is 12. The molecule has 1 amide bonds. The lowest BCUT2D eigenvalue weighted by Crippen LogP contribution is -2.48. The summed E-state index contributed by atoms with van der Waals surface area (Å²) >= 11 is 0. The van der Waals surface area contributed by atoms with Gasteiger partial charge in [-0.2, -0.15) is 0 Å². The SMILES string of the molecule is CC(C)(C)OC(=O)NC/C(=C\F)COc1ccc(-c2nc(N3CCOCC3)[n+](COCC[Si](C)(C)C)[nH]2)cc1. The van der Waals surface area contributed by atoms with Gasteiger partial charge in [-0.1, -0.05) is 19.6 Å². The summed E-state index contributed by atoms with van der Waals surface area (Å²) < 4.78 is 37.7. The van der Waals surface area contributed by atoms with Crippen molar-refractivity contribution in [3.63, 3.8) is 0 Å². The van der Waals surface area contributed by atoms with E-state index in [1.54, 1.807) is 32.9 Å². The van der Waals surface area contributed by atoms with Crippen LogP contribution in [0.3, 0.4) is 0 Å². The van der Waals surface area contributed by atoms with Gasteiger partial charge in [0.1, 0.15) is 18.0 Å². The molecule has 3 rings (SSSR count). The highest BCUT2D eigenvalue weighted by Crippen LogP contribution is 2.21. The van der Waals surface area contributed by atoms with E-state index in [0.29, 0.717) is 44.5 Å². The number of aromatic nitrogens is 3. The van der Waals surface area contributed by atoms with E-state index in [0.717, 1.165) is 30.6 Å². The van der Waals surface area contributed by atoms with Crippen molar-refractivity contribution in [3.8, 4) is 17.1 Å². The zero-order chi connectivity index (χ0) is 28.5. The fourth-order valence-electron chi connectivity index (χ4n) is 3.63. The second-order valence-corrected chi connectivity index (χ2v) is 17.3. The van der Waals surface area contributed by atoms with Crippen molar-refractivity contribution in [2.75, 3.05) is 51.0 Å². The molecule has 0 unspecified atom stereocenters. The summed E-state index contributed by atoms with van der Waals surface area (Å²) in [6, 6.07) is 8.49. The molecular weight excluding hydrogens is 521 g/mol. The molecule has 0 atom stereocenters. The Labute approximate surface area is 231 Å². The minimum Gasteiger partial charge on any atom is -0.489 e. The Balaban J connectivity index is 1.61. The molecule has 1 aromatic carbocycles. The number of hydrogen-bond acceptors (Lipinski definition) is 7. The number of carbonyl (C=O) groups excluding carboxylic acids is 1. The summed E-state index contributed by atoms with van der Waals surface area (Å²) in [5, 5.41) is 5.91. The highest BCUT2D eigenvalue weighted by Gasteiger charge is 2.28. The number of nitrogens with zero attached hydrogens (tertiary/aromatic N) is 3. The van der Waals surface area contributed by atoms with Crippen molar-refractivity contribution in [1.29, 1.82) is 0 Å². The van der Waals surface area contributed by atoms with Crippen LogP contribution in [0.1, 0.15) is 20.8 Å². The molecule has 10 nitrogen and oxygen atoms in total. The average Bonchev–Trinajstić information content (AvgIpc) is 3.30. The number of aromatic amines is 1. The smallest absolute Gasteiger partial charge is 0.416 e. The number of carbonyl (C=O) groups is 1. The average molecular weight is 565 g/mol. The van der Waals surface area contributed by atoms with Crippen LogP contribution in [0.25, 0.3) is 11.4 Å². The summed E-state index contributed by atoms with van der Waals surface area (Å²) in [6.45, 7) is 16.2. The molecular formula is C27H43FN5O5Si+. The predicted molar refractivity (Wildman–Crippen MR) is 150 cm³/mol. The van der Waals surface area contributed by atoms with E-state index in [2.05, 4.69) is 35.0 Å². The third-order valence-corrected chi connectivity index (χ3v) is 7.47. The number of alkyl carbamates (subject to hydrolysis) is 1. The summed E-state index contributed by atoms with van der Waals surface area (Å²) in [6.07, 6.45) is -0.175. The molecule has 2 heterocycles. The van der Waals surface area contributed by atoms with Crippen molar-refractivity contribution in [3.05, 3.63) is 36.2 Å². The van der Waals surface area contributed by atoms with E-state index in [1.807, 2.05) is 16.8 Å². The lowest BCUT2D eigenvalue weighted by Gasteiger charge is -2.21. The van der Waals surface area contributed by atoms with Crippen LogP contribution >= 0.6 is 0 Å². The van der Waals surface area contributed by atoms with Gasteiger partial charge >= 0.3 is 12.0 Å². The monoisotopic (exact) mass is 564 g/mol. The largest absolute Gasteiger partial charge is 0.489 e.